The number of hydrazone groups is 1. The summed E-state index contributed by atoms with van der Waals surface area (Å²) in [5, 5.41) is 7.16. The minimum atomic E-state index is -0.347. The number of rotatable bonds is 9. The third kappa shape index (κ3) is 7.89. The Morgan fingerprint density at radius 2 is 1.69 bits per heavy atom. The van der Waals surface area contributed by atoms with Crippen molar-refractivity contribution in [3.63, 3.8) is 0 Å². The lowest BCUT2D eigenvalue weighted by atomic mass is 10.2. The number of hydrogen-bond donors (Lipinski definition) is 2. The molecule has 0 aliphatic heterocycles. The number of amides is 2. The number of nitrogens with zero attached hydrogens (tertiary/aromatic N) is 1. The van der Waals surface area contributed by atoms with Gasteiger partial charge >= 0.3 is 0 Å². The summed E-state index contributed by atoms with van der Waals surface area (Å²) in [7, 11) is 0. The van der Waals surface area contributed by atoms with Crippen LogP contribution in [0.1, 0.15) is 29.5 Å². The fourth-order valence-corrected chi connectivity index (χ4v) is 2.94. The maximum atomic E-state index is 11.9. The van der Waals surface area contributed by atoms with Crippen LogP contribution >= 0.6 is 11.6 Å². The molecular formula is C25H24ClN3O3. The van der Waals surface area contributed by atoms with Gasteiger partial charge in [0, 0.05) is 23.6 Å². The smallest absolute Gasteiger partial charge is 0.240 e. The third-order valence-corrected chi connectivity index (χ3v) is 4.73. The summed E-state index contributed by atoms with van der Waals surface area (Å²) in [6.07, 6.45) is 1.60. The van der Waals surface area contributed by atoms with Crippen molar-refractivity contribution in [1.29, 1.82) is 0 Å². The molecule has 2 N–H and O–H groups in total. The van der Waals surface area contributed by atoms with Crippen molar-refractivity contribution in [2.24, 2.45) is 5.10 Å². The van der Waals surface area contributed by atoms with Crippen molar-refractivity contribution in [2.75, 3.05) is 5.32 Å². The van der Waals surface area contributed by atoms with Crippen LogP contribution in [-0.2, 0) is 16.2 Å². The van der Waals surface area contributed by atoms with Crippen LogP contribution < -0.4 is 15.5 Å². The molecule has 0 saturated carbocycles. The lowest BCUT2D eigenvalue weighted by molar-refractivity contribution is -0.124. The number of halogens is 1. The molecule has 0 radical (unpaired) electrons. The van der Waals surface area contributed by atoms with Gasteiger partial charge in [0.1, 0.15) is 12.4 Å². The van der Waals surface area contributed by atoms with E-state index in [1.807, 2.05) is 43.3 Å². The molecule has 0 spiro atoms. The van der Waals surface area contributed by atoms with E-state index in [1.54, 1.807) is 24.3 Å². The van der Waals surface area contributed by atoms with Crippen molar-refractivity contribution >= 4 is 35.3 Å². The van der Waals surface area contributed by atoms with E-state index in [1.165, 1.54) is 11.8 Å². The number of anilines is 1. The van der Waals surface area contributed by atoms with Gasteiger partial charge in [-0.2, -0.15) is 5.10 Å². The zero-order valence-electron chi connectivity index (χ0n) is 17.7. The standard InChI is InChI=1S/C25H24ClN3O3/c1-18-5-7-20(8-6-18)17-32-23-11-9-19(10-12-23)16-27-29-25(31)14-13-24(30)28-22-4-2-3-21(26)15-22/h2-12,15-16H,13-14,17H2,1H3,(H,28,30)(H,29,31). The molecule has 0 bridgehead atoms. The minimum absolute atomic E-state index is 0.0233. The highest BCUT2D eigenvalue weighted by Crippen LogP contribution is 2.15. The van der Waals surface area contributed by atoms with Crippen molar-refractivity contribution in [1.82, 2.24) is 5.43 Å². The molecule has 3 aromatic carbocycles. The number of nitrogens with one attached hydrogen (secondary N) is 2. The molecule has 0 fully saturated rings. The first-order chi connectivity index (χ1) is 15.5. The highest BCUT2D eigenvalue weighted by atomic mass is 35.5. The summed E-state index contributed by atoms with van der Waals surface area (Å²) in [6, 6.07) is 22.4. The van der Waals surface area contributed by atoms with Crippen LogP contribution in [0.25, 0.3) is 0 Å². The van der Waals surface area contributed by atoms with E-state index in [4.69, 9.17) is 16.3 Å². The predicted molar refractivity (Wildman–Crippen MR) is 127 cm³/mol. The summed E-state index contributed by atoms with van der Waals surface area (Å²) in [4.78, 5) is 23.8. The highest BCUT2D eigenvalue weighted by molar-refractivity contribution is 6.30. The van der Waals surface area contributed by atoms with Crippen LogP contribution in [0.4, 0.5) is 5.69 Å². The van der Waals surface area contributed by atoms with Gasteiger partial charge < -0.3 is 10.1 Å². The molecule has 0 saturated heterocycles. The molecule has 0 aliphatic rings. The number of carbonyl (C=O) groups excluding carboxylic acids is 2. The molecule has 0 aromatic heterocycles. The van der Waals surface area contributed by atoms with Gasteiger partial charge in [0.15, 0.2) is 0 Å². The van der Waals surface area contributed by atoms with Gasteiger partial charge in [0.2, 0.25) is 11.8 Å². The normalized spacial score (nSPS) is 10.7. The molecule has 3 rings (SSSR count). The Morgan fingerprint density at radius 3 is 2.41 bits per heavy atom. The first kappa shape index (κ1) is 23.0. The Morgan fingerprint density at radius 1 is 0.969 bits per heavy atom. The first-order valence-corrected chi connectivity index (χ1v) is 10.5. The second-order valence-electron chi connectivity index (χ2n) is 7.20. The second-order valence-corrected chi connectivity index (χ2v) is 7.63. The summed E-state index contributed by atoms with van der Waals surface area (Å²) in [6.45, 7) is 2.54. The molecule has 0 aliphatic carbocycles. The van der Waals surface area contributed by atoms with Crippen molar-refractivity contribution in [3.05, 3.63) is 94.5 Å². The van der Waals surface area contributed by atoms with Gasteiger partial charge in [0.25, 0.3) is 0 Å². The molecule has 164 valence electrons. The zero-order valence-corrected chi connectivity index (χ0v) is 18.4. The van der Waals surface area contributed by atoms with Crippen LogP contribution in [0.2, 0.25) is 5.02 Å². The maximum absolute atomic E-state index is 11.9. The predicted octanol–water partition coefficient (Wildman–Crippen LogP) is 5.10. The van der Waals surface area contributed by atoms with Gasteiger partial charge in [0.05, 0.1) is 6.21 Å². The van der Waals surface area contributed by atoms with Gasteiger partial charge in [-0.1, -0.05) is 47.5 Å². The van der Waals surface area contributed by atoms with E-state index in [9.17, 15) is 9.59 Å². The molecule has 0 heterocycles. The summed E-state index contributed by atoms with van der Waals surface area (Å²) in [5.74, 6) is 0.130. The third-order valence-electron chi connectivity index (χ3n) is 4.50. The average Bonchev–Trinajstić information content (AvgIpc) is 2.78. The number of aryl methyl sites for hydroxylation is 1. The Hall–Kier alpha value is -3.64. The molecular weight excluding hydrogens is 426 g/mol. The van der Waals surface area contributed by atoms with Crippen molar-refractivity contribution in [3.8, 4) is 5.75 Å². The van der Waals surface area contributed by atoms with Crippen LogP contribution in [0, 0.1) is 6.92 Å². The molecule has 6 nitrogen and oxygen atoms in total. The Balaban J connectivity index is 1.37. The molecule has 0 atom stereocenters. The minimum Gasteiger partial charge on any atom is -0.489 e. The fraction of sp³-hybridized carbons (Fsp3) is 0.160. The Kier molecular flexibility index (Phi) is 8.40. The second kappa shape index (κ2) is 11.7. The monoisotopic (exact) mass is 449 g/mol. The summed E-state index contributed by atoms with van der Waals surface area (Å²) in [5.41, 5.74) is 6.14. The van der Waals surface area contributed by atoms with Gasteiger partial charge in [-0.15, -0.1) is 0 Å². The van der Waals surface area contributed by atoms with Crippen molar-refractivity contribution < 1.29 is 14.3 Å². The number of hydrogen-bond acceptors (Lipinski definition) is 4. The van der Waals surface area contributed by atoms with E-state index in [2.05, 4.69) is 28.0 Å². The van der Waals surface area contributed by atoms with Crippen molar-refractivity contribution in [2.45, 2.75) is 26.4 Å². The molecule has 0 unspecified atom stereocenters. The summed E-state index contributed by atoms with van der Waals surface area (Å²) >= 11 is 5.88. The Bertz CT molecular complexity index is 1080. The van der Waals surface area contributed by atoms with Crippen LogP contribution in [-0.4, -0.2) is 18.0 Å². The zero-order chi connectivity index (χ0) is 22.8. The summed E-state index contributed by atoms with van der Waals surface area (Å²) < 4.78 is 5.77. The quantitative estimate of drug-likeness (QED) is 0.352. The van der Waals surface area contributed by atoms with E-state index in [0.29, 0.717) is 17.3 Å². The molecule has 2 amide bonds. The van der Waals surface area contributed by atoms with Crippen LogP contribution in [0.3, 0.4) is 0 Å². The van der Waals surface area contributed by atoms with E-state index < -0.39 is 0 Å². The Labute approximate surface area is 192 Å². The number of carbonyl (C=O) groups is 2. The lowest BCUT2D eigenvalue weighted by Crippen LogP contribution is -2.20. The van der Waals surface area contributed by atoms with E-state index >= 15 is 0 Å². The van der Waals surface area contributed by atoms with E-state index in [-0.39, 0.29) is 24.7 Å². The number of ether oxygens (including phenoxy) is 1. The van der Waals surface area contributed by atoms with Gasteiger partial charge in [-0.05, 0) is 60.5 Å². The largest absolute Gasteiger partial charge is 0.489 e. The first-order valence-electron chi connectivity index (χ1n) is 10.1. The highest BCUT2D eigenvalue weighted by Gasteiger charge is 2.07. The van der Waals surface area contributed by atoms with Crippen LogP contribution in [0.15, 0.2) is 77.9 Å². The topological polar surface area (TPSA) is 79.8 Å². The van der Waals surface area contributed by atoms with Gasteiger partial charge in [-0.25, -0.2) is 5.43 Å². The van der Waals surface area contributed by atoms with Crippen LogP contribution in [0.5, 0.6) is 5.75 Å². The molecule has 7 heteroatoms. The molecule has 32 heavy (non-hydrogen) atoms. The molecule has 3 aromatic rings. The maximum Gasteiger partial charge on any atom is 0.240 e. The number of benzene rings is 3. The SMILES string of the molecule is Cc1ccc(COc2ccc(C=NNC(=O)CCC(=O)Nc3cccc(Cl)c3)cc2)cc1. The van der Waals surface area contributed by atoms with E-state index in [0.717, 1.165) is 16.9 Å². The van der Waals surface area contributed by atoms with Gasteiger partial charge in [-0.3, -0.25) is 9.59 Å². The lowest BCUT2D eigenvalue weighted by Gasteiger charge is -2.07. The average molecular weight is 450 g/mol. The fourth-order valence-electron chi connectivity index (χ4n) is 2.75.